The molecule has 6 heteroatoms. The molecule has 0 spiro atoms. The highest BCUT2D eigenvalue weighted by molar-refractivity contribution is 5.29. The van der Waals surface area contributed by atoms with E-state index in [1.165, 1.54) is 12.1 Å². The van der Waals surface area contributed by atoms with E-state index in [1.807, 2.05) is 6.92 Å². The lowest BCUT2D eigenvalue weighted by Crippen LogP contribution is -2.33. The van der Waals surface area contributed by atoms with Gasteiger partial charge in [-0.15, -0.1) is 0 Å². The van der Waals surface area contributed by atoms with Crippen molar-refractivity contribution in [1.29, 1.82) is 0 Å². The number of hydrogen-bond acceptors (Lipinski definition) is 4. The summed E-state index contributed by atoms with van der Waals surface area (Å²) in [7, 11) is 1.64. The number of benzene rings is 1. The van der Waals surface area contributed by atoms with Crippen LogP contribution < -0.4 is 15.8 Å². The van der Waals surface area contributed by atoms with Gasteiger partial charge in [0.15, 0.2) is 0 Å². The van der Waals surface area contributed by atoms with Gasteiger partial charge < -0.3 is 20.5 Å². The number of nitrogens with two attached hydrogens (primary N) is 1. The fraction of sp³-hybridized carbons (Fsp3) is 0.538. The van der Waals surface area contributed by atoms with Crippen molar-refractivity contribution in [3.05, 3.63) is 29.8 Å². The van der Waals surface area contributed by atoms with Crippen molar-refractivity contribution < 1.29 is 18.3 Å². The van der Waals surface area contributed by atoms with E-state index in [1.54, 1.807) is 19.2 Å². The molecule has 3 N–H and O–H groups in total. The SMILES string of the molecule is COC(C)CNC(CN)c1ccc(OC(F)F)cc1. The van der Waals surface area contributed by atoms with Crippen molar-refractivity contribution >= 4 is 0 Å². The Balaban J connectivity index is 2.60. The third-order valence-electron chi connectivity index (χ3n) is 2.80. The van der Waals surface area contributed by atoms with Crippen LogP contribution in [0.3, 0.4) is 0 Å². The standard InChI is InChI=1S/C13H20F2N2O2/c1-9(18-2)8-17-12(7-16)10-3-5-11(6-4-10)19-13(14)15/h3-6,9,12-13,17H,7-8,16H2,1-2H3. The molecule has 2 unspecified atom stereocenters. The van der Waals surface area contributed by atoms with E-state index in [9.17, 15) is 8.78 Å². The van der Waals surface area contributed by atoms with Gasteiger partial charge in [-0.25, -0.2) is 0 Å². The van der Waals surface area contributed by atoms with Gasteiger partial charge in [-0.2, -0.15) is 8.78 Å². The van der Waals surface area contributed by atoms with Gasteiger partial charge in [-0.05, 0) is 24.6 Å². The lowest BCUT2D eigenvalue weighted by Gasteiger charge is -2.20. The van der Waals surface area contributed by atoms with Crippen LogP contribution in [0.1, 0.15) is 18.5 Å². The van der Waals surface area contributed by atoms with Crippen molar-refractivity contribution in [1.82, 2.24) is 5.32 Å². The van der Waals surface area contributed by atoms with Crippen LogP contribution in [0.15, 0.2) is 24.3 Å². The van der Waals surface area contributed by atoms with Gasteiger partial charge in [0.05, 0.1) is 6.10 Å². The topological polar surface area (TPSA) is 56.5 Å². The molecule has 2 atom stereocenters. The van der Waals surface area contributed by atoms with Crippen LogP contribution in [-0.4, -0.2) is 32.9 Å². The highest BCUT2D eigenvalue weighted by Crippen LogP contribution is 2.19. The van der Waals surface area contributed by atoms with Gasteiger partial charge in [0.25, 0.3) is 0 Å². The van der Waals surface area contributed by atoms with E-state index in [0.29, 0.717) is 13.1 Å². The number of methoxy groups -OCH3 is 1. The molecule has 0 heterocycles. The molecule has 1 rings (SSSR count). The smallest absolute Gasteiger partial charge is 0.387 e. The van der Waals surface area contributed by atoms with Gasteiger partial charge in [-0.3, -0.25) is 0 Å². The van der Waals surface area contributed by atoms with Crippen LogP contribution in [0, 0.1) is 0 Å². The maximum Gasteiger partial charge on any atom is 0.387 e. The number of ether oxygens (including phenoxy) is 2. The van der Waals surface area contributed by atoms with E-state index < -0.39 is 6.61 Å². The largest absolute Gasteiger partial charge is 0.435 e. The lowest BCUT2D eigenvalue weighted by molar-refractivity contribution is -0.0498. The highest BCUT2D eigenvalue weighted by atomic mass is 19.3. The number of hydrogen-bond donors (Lipinski definition) is 2. The highest BCUT2D eigenvalue weighted by Gasteiger charge is 2.11. The molecule has 0 bridgehead atoms. The minimum absolute atomic E-state index is 0.0433. The Morgan fingerprint density at radius 1 is 1.26 bits per heavy atom. The van der Waals surface area contributed by atoms with E-state index in [-0.39, 0.29) is 17.9 Å². The van der Waals surface area contributed by atoms with Crippen LogP contribution in [0.2, 0.25) is 0 Å². The molecule has 108 valence electrons. The van der Waals surface area contributed by atoms with Crippen molar-refractivity contribution in [2.75, 3.05) is 20.2 Å². The molecule has 0 fully saturated rings. The lowest BCUT2D eigenvalue weighted by atomic mass is 10.1. The fourth-order valence-corrected chi connectivity index (χ4v) is 1.61. The van der Waals surface area contributed by atoms with Gasteiger partial charge in [0.1, 0.15) is 5.75 Å². The Morgan fingerprint density at radius 3 is 2.37 bits per heavy atom. The molecule has 0 saturated heterocycles. The second kappa shape index (κ2) is 8.04. The van der Waals surface area contributed by atoms with Crippen molar-refractivity contribution in [3.8, 4) is 5.75 Å². The van der Waals surface area contributed by atoms with Crippen LogP contribution in [0.5, 0.6) is 5.75 Å². The first kappa shape index (κ1) is 15.8. The van der Waals surface area contributed by atoms with Crippen LogP contribution in [0.4, 0.5) is 8.78 Å². The summed E-state index contributed by atoms with van der Waals surface area (Å²) in [6.07, 6.45) is 0.0792. The molecular weight excluding hydrogens is 254 g/mol. The molecule has 0 aliphatic heterocycles. The summed E-state index contributed by atoms with van der Waals surface area (Å²) in [6.45, 7) is 0.205. The van der Waals surface area contributed by atoms with Crippen molar-refractivity contribution in [2.45, 2.75) is 25.7 Å². The average Bonchev–Trinajstić information content (AvgIpc) is 2.40. The summed E-state index contributed by atoms with van der Waals surface area (Å²) in [5.41, 5.74) is 6.62. The second-order valence-corrected chi connectivity index (χ2v) is 4.19. The molecule has 0 aliphatic rings. The van der Waals surface area contributed by atoms with Crippen LogP contribution >= 0.6 is 0 Å². The predicted molar refractivity (Wildman–Crippen MR) is 69.3 cm³/mol. The molecule has 0 radical (unpaired) electrons. The van der Waals surface area contributed by atoms with Crippen LogP contribution in [-0.2, 0) is 4.74 Å². The van der Waals surface area contributed by atoms with Crippen LogP contribution in [0.25, 0.3) is 0 Å². The van der Waals surface area contributed by atoms with E-state index in [0.717, 1.165) is 5.56 Å². The first-order valence-corrected chi connectivity index (χ1v) is 6.07. The Hall–Kier alpha value is -1.24. The molecule has 1 aromatic carbocycles. The number of halogens is 2. The number of rotatable bonds is 8. The van der Waals surface area contributed by atoms with E-state index >= 15 is 0 Å². The summed E-state index contributed by atoms with van der Waals surface area (Å²) in [5, 5.41) is 3.26. The Labute approximate surface area is 111 Å². The third-order valence-corrected chi connectivity index (χ3v) is 2.80. The summed E-state index contributed by atoms with van der Waals surface area (Å²) < 4.78 is 33.5. The van der Waals surface area contributed by atoms with Crippen molar-refractivity contribution in [2.24, 2.45) is 5.73 Å². The second-order valence-electron chi connectivity index (χ2n) is 4.19. The molecule has 19 heavy (non-hydrogen) atoms. The Bertz CT molecular complexity index is 360. The molecule has 0 amide bonds. The maximum atomic E-state index is 12.0. The zero-order chi connectivity index (χ0) is 14.3. The molecule has 0 saturated carbocycles. The van der Waals surface area contributed by atoms with Crippen molar-refractivity contribution in [3.63, 3.8) is 0 Å². The molecule has 1 aromatic rings. The van der Waals surface area contributed by atoms with E-state index in [2.05, 4.69) is 10.1 Å². The summed E-state index contributed by atoms with van der Waals surface area (Å²) in [4.78, 5) is 0. The molecule has 0 aromatic heterocycles. The number of alkyl halides is 2. The fourth-order valence-electron chi connectivity index (χ4n) is 1.61. The monoisotopic (exact) mass is 274 g/mol. The first-order valence-electron chi connectivity index (χ1n) is 6.07. The minimum atomic E-state index is -2.81. The van der Waals surface area contributed by atoms with Gasteiger partial charge in [-0.1, -0.05) is 12.1 Å². The van der Waals surface area contributed by atoms with Gasteiger partial charge in [0, 0.05) is 26.2 Å². The number of nitrogens with one attached hydrogen (secondary N) is 1. The first-order chi connectivity index (χ1) is 9.06. The molecular formula is C13H20F2N2O2. The Morgan fingerprint density at radius 2 is 1.89 bits per heavy atom. The summed E-state index contributed by atoms with van der Waals surface area (Å²) in [6, 6.07) is 6.41. The summed E-state index contributed by atoms with van der Waals surface area (Å²) >= 11 is 0. The molecule has 4 nitrogen and oxygen atoms in total. The molecule has 0 aliphatic carbocycles. The van der Waals surface area contributed by atoms with E-state index in [4.69, 9.17) is 10.5 Å². The van der Waals surface area contributed by atoms with Gasteiger partial charge >= 0.3 is 6.61 Å². The average molecular weight is 274 g/mol. The quantitative estimate of drug-likeness (QED) is 0.760. The Kier molecular flexibility index (Phi) is 6.69. The summed E-state index contributed by atoms with van der Waals surface area (Å²) in [5.74, 6) is 0.139. The normalized spacial score (nSPS) is 14.4. The third kappa shape index (κ3) is 5.50. The minimum Gasteiger partial charge on any atom is -0.435 e. The zero-order valence-corrected chi connectivity index (χ0v) is 11.1. The van der Waals surface area contributed by atoms with Gasteiger partial charge in [0.2, 0.25) is 0 Å². The zero-order valence-electron chi connectivity index (χ0n) is 11.1. The maximum absolute atomic E-state index is 12.0. The predicted octanol–water partition coefficient (Wildman–Crippen LogP) is 1.91.